The highest BCUT2D eigenvalue weighted by molar-refractivity contribution is 6.75. The molecule has 0 bridgehead atoms. The molecule has 1 aromatic rings. The highest BCUT2D eigenvalue weighted by atomic mass is 28.3. The second-order valence-corrected chi connectivity index (χ2v) is 12.8. The lowest BCUT2D eigenvalue weighted by Crippen LogP contribution is -2.42. The van der Waals surface area contributed by atoms with E-state index in [1.165, 1.54) is 5.56 Å². The van der Waals surface area contributed by atoms with Gasteiger partial charge in [-0.05, 0) is 45.4 Å². The van der Waals surface area contributed by atoms with Crippen LogP contribution in [0.2, 0.25) is 19.6 Å². The predicted octanol–water partition coefficient (Wildman–Crippen LogP) is 4.37. The molecule has 20 heavy (non-hydrogen) atoms. The Morgan fingerprint density at radius 2 is 1.55 bits per heavy atom. The second kappa shape index (κ2) is 6.57. The van der Waals surface area contributed by atoms with Gasteiger partial charge in [-0.2, -0.15) is 0 Å². The molecule has 3 heteroatoms. The van der Waals surface area contributed by atoms with E-state index in [2.05, 4.69) is 53.4 Å². The number of benzene rings is 1. The van der Waals surface area contributed by atoms with Gasteiger partial charge in [0, 0.05) is 25.7 Å². The Hall–Kier alpha value is -1.09. The summed E-state index contributed by atoms with van der Waals surface area (Å²) in [4.78, 5) is 14.9. The average molecular weight is 292 g/mol. The Bertz CT molecular complexity index is 452. The molecule has 0 fully saturated rings. The third-order valence-corrected chi connectivity index (χ3v) is 4.76. The normalized spacial score (nSPS) is 12.1. The molecule has 0 radical (unpaired) electrons. The van der Waals surface area contributed by atoms with Crippen molar-refractivity contribution in [3.63, 3.8) is 0 Å². The Morgan fingerprint density at radius 1 is 1.05 bits per heavy atom. The fourth-order valence-electron chi connectivity index (χ4n) is 2.66. The topological polar surface area (TPSA) is 20.3 Å². The zero-order valence-corrected chi connectivity index (χ0v) is 15.0. The van der Waals surface area contributed by atoms with Gasteiger partial charge in [0.1, 0.15) is 0 Å². The minimum atomic E-state index is -1.24. The number of carbonyl (C=O) groups is 1. The molecular weight excluding hydrogens is 262 g/mol. The lowest BCUT2D eigenvalue weighted by molar-refractivity contribution is 0.0643. The maximum atomic E-state index is 12.9. The monoisotopic (exact) mass is 291 g/mol. The summed E-state index contributed by atoms with van der Waals surface area (Å²) in [5, 5.41) is 0. The van der Waals surface area contributed by atoms with E-state index in [9.17, 15) is 4.79 Å². The molecular formula is C17H29NOSi. The van der Waals surface area contributed by atoms with Gasteiger partial charge in [0.2, 0.25) is 0 Å². The fraction of sp³-hybridized carbons (Fsp3) is 0.588. The number of amides is 1. The molecule has 0 N–H and O–H groups in total. The predicted molar refractivity (Wildman–Crippen MR) is 89.9 cm³/mol. The van der Waals surface area contributed by atoms with Gasteiger partial charge in [0.25, 0.3) is 5.91 Å². The van der Waals surface area contributed by atoms with Crippen LogP contribution in [0.5, 0.6) is 0 Å². The van der Waals surface area contributed by atoms with Gasteiger partial charge in [-0.25, -0.2) is 0 Å². The number of rotatable bonds is 5. The average Bonchev–Trinajstić information content (AvgIpc) is 2.26. The van der Waals surface area contributed by atoms with Crippen LogP contribution in [0.4, 0.5) is 0 Å². The highest BCUT2D eigenvalue weighted by Crippen LogP contribution is 2.20. The van der Waals surface area contributed by atoms with Crippen molar-refractivity contribution < 1.29 is 4.79 Å². The summed E-state index contributed by atoms with van der Waals surface area (Å²) in [6.07, 6.45) is 0. The summed E-state index contributed by atoms with van der Waals surface area (Å²) in [6.45, 7) is 15.4. The maximum absolute atomic E-state index is 12.9. The molecule has 1 aromatic carbocycles. The molecule has 0 aliphatic carbocycles. The van der Waals surface area contributed by atoms with E-state index in [0.717, 1.165) is 11.6 Å². The van der Waals surface area contributed by atoms with Gasteiger partial charge in [-0.15, -0.1) is 0 Å². The van der Waals surface area contributed by atoms with Crippen LogP contribution in [-0.2, 0) is 6.04 Å². The Balaban J connectivity index is 3.15. The van der Waals surface area contributed by atoms with Crippen LogP contribution < -0.4 is 0 Å². The summed E-state index contributed by atoms with van der Waals surface area (Å²) in [6, 6.07) is 9.62. The van der Waals surface area contributed by atoms with Gasteiger partial charge in [0.15, 0.2) is 0 Å². The number of carbonyl (C=O) groups excluding carboxylic acids is 1. The number of nitrogens with zero attached hydrogens (tertiary/aromatic N) is 1. The van der Waals surface area contributed by atoms with E-state index in [-0.39, 0.29) is 18.0 Å². The van der Waals surface area contributed by atoms with Crippen molar-refractivity contribution in [3.05, 3.63) is 35.4 Å². The first-order valence-corrected chi connectivity index (χ1v) is 11.2. The van der Waals surface area contributed by atoms with Gasteiger partial charge < -0.3 is 4.90 Å². The smallest absolute Gasteiger partial charge is 0.254 e. The van der Waals surface area contributed by atoms with Crippen LogP contribution in [0.15, 0.2) is 24.3 Å². The largest absolute Gasteiger partial charge is 0.334 e. The number of hydrogen-bond acceptors (Lipinski definition) is 1. The first-order valence-electron chi connectivity index (χ1n) is 7.54. The Kier molecular flexibility index (Phi) is 5.57. The molecule has 112 valence electrons. The summed E-state index contributed by atoms with van der Waals surface area (Å²) >= 11 is 0. The van der Waals surface area contributed by atoms with Crippen molar-refractivity contribution in [2.24, 2.45) is 0 Å². The van der Waals surface area contributed by atoms with Crippen molar-refractivity contribution in [2.45, 2.75) is 65.5 Å². The van der Waals surface area contributed by atoms with Crippen LogP contribution in [0.3, 0.4) is 0 Å². The van der Waals surface area contributed by atoms with E-state index >= 15 is 0 Å². The van der Waals surface area contributed by atoms with Crippen LogP contribution in [-0.4, -0.2) is 31.0 Å². The molecule has 0 saturated carbocycles. The van der Waals surface area contributed by atoms with Gasteiger partial charge in [0.05, 0.1) is 0 Å². The molecule has 0 unspecified atom stereocenters. The molecule has 2 nitrogen and oxygen atoms in total. The van der Waals surface area contributed by atoms with Crippen molar-refractivity contribution in [1.29, 1.82) is 0 Å². The van der Waals surface area contributed by atoms with Crippen molar-refractivity contribution >= 4 is 14.0 Å². The number of hydrogen-bond donors (Lipinski definition) is 0. The molecule has 1 amide bonds. The summed E-state index contributed by atoms with van der Waals surface area (Å²) in [5.74, 6) is 0.170. The minimum Gasteiger partial charge on any atom is -0.334 e. The summed E-state index contributed by atoms with van der Waals surface area (Å²) in [5.41, 5.74) is 2.10. The molecule has 0 spiro atoms. The zero-order valence-electron chi connectivity index (χ0n) is 14.0. The quantitative estimate of drug-likeness (QED) is 0.738. The Morgan fingerprint density at radius 3 is 2.00 bits per heavy atom. The van der Waals surface area contributed by atoms with Crippen LogP contribution in [0.1, 0.15) is 43.6 Å². The van der Waals surface area contributed by atoms with E-state index in [4.69, 9.17) is 0 Å². The molecule has 1 rings (SSSR count). The fourth-order valence-corrected chi connectivity index (χ4v) is 4.11. The summed E-state index contributed by atoms with van der Waals surface area (Å²) < 4.78 is 0. The van der Waals surface area contributed by atoms with Crippen molar-refractivity contribution in [3.8, 4) is 0 Å². The first-order chi connectivity index (χ1) is 9.13. The summed E-state index contributed by atoms with van der Waals surface area (Å²) in [7, 11) is -1.24. The second-order valence-electron chi connectivity index (χ2n) is 7.29. The van der Waals surface area contributed by atoms with Gasteiger partial charge in [-0.1, -0.05) is 37.8 Å². The van der Waals surface area contributed by atoms with Crippen molar-refractivity contribution in [2.75, 3.05) is 0 Å². The molecule has 0 saturated heterocycles. The van der Waals surface area contributed by atoms with Crippen LogP contribution >= 0.6 is 0 Å². The molecule has 0 aliphatic heterocycles. The van der Waals surface area contributed by atoms with E-state index in [1.807, 2.05) is 23.1 Å². The maximum Gasteiger partial charge on any atom is 0.254 e. The minimum absolute atomic E-state index is 0.170. The van der Waals surface area contributed by atoms with Crippen molar-refractivity contribution in [1.82, 2.24) is 4.90 Å². The SMILES string of the molecule is CC(C)N(C(=O)c1ccccc1C[Si](C)(C)C)C(C)C. The molecule has 0 aliphatic rings. The van der Waals surface area contributed by atoms with E-state index in [1.54, 1.807) is 0 Å². The molecule has 0 heterocycles. The van der Waals surface area contributed by atoms with E-state index < -0.39 is 8.07 Å². The van der Waals surface area contributed by atoms with Gasteiger partial charge >= 0.3 is 0 Å². The van der Waals surface area contributed by atoms with E-state index in [0.29, 0.717) is 0 Å². The van der Waals surface area contributed by atoms with Crippen LogP contribution in [0, 0.1) is 0 Å². The molecule has 0 atom stereocenters. The lowest BCUT2D eigenvalue weighted by atomic mass is 10.1. The van der Waals surface area contributed by atoms with Gasteiger partial charge in [-0.3, -0.25) is 4.79 Å². The standard InChI is InChI=1S/C17H29NOSi/c1-13(2)18(14(3)4)17(19)16-11-9-8-10-15(16)12-20(5,6)7/h8-11,13-14H,12H2,1-7H3. The highest BCUT2D eigenvalue weighted by Gasteiger charge is 2.25. The lowest BCUT2D eigenvalue weighted by Gasteiger charge is -2.32. The zero-order chi connectivity index (χ0) is 15.5. The van der Waals surface area contributed by atoms with Crippen LogP contribution in [0.25, 0.3) is 0 Å². The third-order valence-electron chi connectivity index (χ3n) is 3.32. The molecule has 0 aromatic heterocycles. The first kappa shape index (κ1) is 17.0. The Labute approximate surface area is 125 Å². The third kappa shape index (κ3) is 4.48.